The highest BCUT2D eigenvalue weighted by atomic mass is 16.4. The quantitative estimate of drug-likeness (QED) is 0.663. The number of aliphatic carboxylic acids is 1. The minimum absolute atomic E-state index is 0.120. The molecule has 14 heavy (non-hydrogen) atoms. The van der Waals surface area contributed by atoms with Crippen LogP contribution in [0.2, 0.25) is 0 Å². The van der Waals surface area contributed by atoms with Crippen molar-refractivity contribution in [3.05, 3.63) is 0 Å². The van der Waals surface area contributed by atoms with Gasteiger partial charge in [0.1, 0.15) is 0 Å². The average Bonchev–Trinajstić information content (AvgIpc) is 2.68. The number of rotatable bonds is 2. The second-order valence-corrected chi connectivity index (χ2v) is 4.30. The maximum Gasteiger partial charge on any atom is 0.307 e. The Hall–Kier alpha value is -0.610. The summed E-state index contributed by atoms with van der Waals surface area (Å²) in [4.78, 5) is 13.2. The molecule has 0 aromatic carbocycles. The van der Waals surface area contributed by atoms with Gasteiger partial charge in [0, 0.05) is 12.6 Å². The molecule has 0 spiro atoms. The average molecular weight is 198 g/mol. The van der Waals surface area contributed by atoms with Crippen molar-refractivity contribution in [1.29, 1.82) is 0 Å². The third-order valence-corrected chi connectivity index (χ3v) is 3.39. The summed E-state index contributed by atoms with van der Waals surface area (Å²) in [6.45, 7) is 3.90. The van der Waals surface area contributed by atoms with Crippen LogP contribution in [-0.2, 0) is 4.79 Å². The van der Waals surface area contributed by atoms with E-state index in [4.69, 9.17) is 5.11 Å². The van der Waals surface area contributed by atoms with Gasteiger partial charge in [-0.05, 0) is 38.9 Å². The van der Waals surface area contributed by atoms with Crippen LogP contribution in [0.15, 0.2) is 0 Å². The first-order valence-corrected chi connectivity index (χ1v) is 5.45. The van der Waals surface area contributed by atoms with Gasteiger partial charge >= 0.3 is 5.97 Å². The summed E-state index contributed by atoms with van der Waals surface area (Å²) in [7, 11) is 0. The van der Waals surface area contributed by atoms with E-state index in [1.54, 1.807) is 0 Å². The van der Waals surface area contributed by atoms with Crippen molar-refractivity contribution < 1.29 is 9.90 Å². The second-order valence-electron chi connectivity index (χ2n) is 4.30. The van der Waals surface area contributed by atoms with Gasteiger partial charge in [-0.25, -0.2) is 0 Å². The topological polar surface area (TPSA) is 52.6 Å². The molecule has 2 rings (SSSR count). The molecule has 80 valence electrons. The molecule has 1 atom stereocenters. The molecule has 2 aliphatic rings. The van der Waals surface area contributed by atoms with E-state index in [0.29, 0.717) is 6.04 Å². The number of likely N-dealkylation sites (tertiary alicyclic amines) is 1. The molecular formula is C10H18N2O2. The van der Waals surface area contributed by atoms with Crippen molar-refractivity contribution in [2.45, 2.75) is 25.3 Å². The Morgan fingerprint density at radius 1 is 1.29 bits per heavy atom. The maximum absolute atomic E-state index is 10.8. The summed E-state index contributed by atoms with van der Waals surface area (Å²) in [5, 5.41) is 12.2. The molecule has 0 aliphatic carbocycles. The van der Waals surface area contributed by atoms with Crippen molar-refractivity contribution in [3.63, 3.8) is 0 Å². The molecule has 0 radical (unpaired) electrons. The van der Waals surface area contributed by atoms with E-state index in [-0.39, 0.29) is 5.92 Å². The first-order chi connectivity index (χ1) is 6.77. The van der Waals surface area contributed by atoms with Gasteiger partial charge in [0.15, 0.2) is 0 Å². The Morgan fingerprint density at radius 2 is 2.00 bits per heavy atom. The van der Waals surface area contributed by atoms with E-state index in [0.717, 1.165) is 32.6 Å². The van der Waals surface area contributed by atoms with Crippen molar-refractivity contribution >= 4 is 5.97 Å². The van der Waals surface area contributed by atoms with Crippen molar-refractivity contribution in [2.75, 3.05) is 26.2 Å². The largest absolute Gasteiger partial charge is 0.481 e. The molecule has 4 heteroatoms. The summed E-state index contributed by atoms with van der Waals surface area (Å²) >= 11 is 0. The number of nitrogens with zero attached hydrogens (tertiary/aromatic N) is 1. The highest BCUT2D eigenvalue weighted by Crippen LogP contribution is 2.22. The molecule has 1 unspecified atom stereocenters. The van der Waals surface area contributed by atoms with Crippen molar-refractivity contribution in [3.8, 4) is 0 Å². The number of carboxylic acid groups (broad SMARTS) is 1. The molecule has 0 bridgehead atoms. The molecule has 2 heterocycles. The van der Waals surface area contributed by atoms with Gasteiger partial charge in [0.25, 0.3) is 0 Å². The van der Waals surface area contributed by atoms with E-state index in [1.165, 1.54) is 12.8 Å². The lowest BCUT2D eigenvalue weighted by molar-refractivity contribution is -0.141. The van der Waals surface area contributed by atoms with Gasteiger partial charge in [0.05, 0.1) is 5.92 Å². The van der Waals surface area contributed by atoms with Gasteiger partial charge < -0.3 is 10.4 Å². The zero-order valence-corrected chi connectivity index (χ0v) is 8.41. The highest BCUT2D eigenvalue weighted by Gasteiger charge is 2.32. The Kier molecular flexibility index (Phi) is 3.03. The molecular weight excluding hydrogens is 180 g/mol. The predicted molar refractivity (Wildman–Crippen MR) is 53.2 cm³/mol. The molecule has 0 aromatic rings. The molecule has 0 amide bonds. The number of hydrogen-bond acceptors (Lipinski definition) is 3. The lowest BCUT2D eigenvalue weighted by Crippen LogP contribution is -2.42. The van der Waals surface area contributed by atoms with Crippen LogP contribution in [0.3, 0.4) is 0 Å². The van der Waals surface area contributed by atoms with Crippen LogP contribution in [-0.4, -0.2) is 48.2 Å². The number of carboxylic acids is 1. The minimum atomic E-state index is -0.624. The van der Waals surface area contributed by atoms with Crippen LogP contribution in [0, 0.1) is 5.92 Å². The lowest BCUT2D eigenvalue weighted by atomic mass is 10.1. The second kappa shape index (κ2) is 4.28. The monoisotopic (exact) mass is 198 g/mol. The van der Waals surface area contributed by atoms with Crippen LogP contribution in [0.4, 0.5) is 0 Å². The van der Waals surface area contributed by atoms with E-state index in [2.05, 4.69) is 10.2 Å². The van der Waals surface area contributed by atoms with Crippen LogP contribution in [0.1, 0.15) is 19.3 Å². The zero-order chi connectivity index (χ0) is 9.97. The van der Waals surface area contributed by atoms with Crippen LogP contribution in [0.25, 0.3) is 0 Å². The van der Waals surface area contributed by atoms with Gasteiger partial charge in [-0.15, -0.1) is 0 Å². The standard InChI is InChI=1S/C10H18N2O2/c13-10(14)8-3-6-12(7-8)9-1-4-11-5-2-9/h8-9,11H,1-7H2,(H,13,14). The normalized spacial score (nSPS) is 30.7. The number of piperidine rings is 1. The third kappa shape index (κ3) is 2.07. The van der Waals surface area contributed by atoms with Gasteiger partial charge in [-0.2, -0.15) is 0 Å². The fraction of sp³-hybridized carbons (Fsp3) is 0.900. The minimum Gasteiger partial charge on any atom is -0.481 e. The number of nitrogens with one attached hydrogen (secondary N) is 1. The molecule has 0 saturated carbocycles. The Labute approximate surface area is 84.3 Å². The molecule has 0 aromatic heterocycles. The molecule has 2 saturated heterocycles. The lowest BCUT2D eigenvalue weighted by Gasteiger charge is -2.31. The van der Waals surface area contributed by atoms with Crippen LogP contribution in [0.5, 0.6) is 0 Å². The molecule has 4 nitrogen and oxygen atoms in total. The van der Waals surface area contributed by atoms with Gasteiger partial charge in [-0.1, -0.05) is 0 Å². The van der Waals surface area contributed by atoms with Crippen LogP contribution >= 0.6 is 0 Å². The van der Waals surface area contributed by atoms with Gasteiger partial charge in [0.2, 0.25) is 0 Å². The van der Waals surface area contributed by atoms with Gasteiger partial charge in [-0.3, -0.25) is 9.69 Å². The Morgan fingerprint density at radius 3 is 2.57 bits per heavy atom. The summed E-state index contributed by atoms with van der Waals surface area (Å²) in [5.74, 6) is -0.744. The van der Waals surface area contributed by atoms with E-state index in [9.17, 15) is 4.79 Å². The summed E-state index contributed by atoms with van der Waals surface area (Å²) < 4.78 is 0. The molecule has 2 N–H and O–H groups in total. The summed E-state index contributed by atoms with van der Waals surface area (Å²) in [5.41, 5.74) is 0. The van der Waals surface area contributed by atoms with E-state index >= 15 is 0 Å². The maximum atomic E-state index is 10.8. The number of carbonyl (C=O) groups is 1. The fourth-order valence-corrected chi connectivity index (χ4v) is 2.49. The fourth-order valence-electron chi connectivity index (χ4n) is 2.49. The first kappa shape index (κ1) is 9.93. The van der Waals surface area contributed by atoms with Crippen molar-refractivity contribution in [1.82, 2.24) is 10.2 Å². The predicted octanol–water partition coefficient (Wildman–Crippen LogP) is 0.145. The summed E-state index contributed by atoms with van der Waals surface area (Å²) in [6.07, 6.45) is 3.18. The Bertz CT molecular complexity index is 214. The smallest absolute Gasteiger partial charge is 0.307 e. The third-order valence-electron chi connectivity index (χ3n) is 3.39. The SMILES string of the molecule is O=C(O)C1CCN(C2CCNCC2)C1. The van der Waals surface area contributed by atoms with Crippen molar-refractivity contribution in [2.24, 2.45) is 5.92 Å². The highest BCUT2D eigenvalue weighted by molar-refractivity contribution is 5.70. The van der Waals surface area contributed by atoms with E-state index in [1.807, 2.05) is 0 Å². The summed E-state index contributed by atoms with van der Waals surface area (Å²) in [6, 6.07) is 0.626. The zero-order valence-electron chi connectivity index (χ0n) is 8.41. The molecule has 2 fully saturated rings. The Balaban J connectivity index is 1.85. The molecule has 2 aliphatic heterocycles. The number of hydrogen-bond donors (Lipinski definition) is 2. The van der Waals surface area contributed by atoms with E-state index < -0.39 is 5.97 Å². The first-order valence-electron chi connectivity index (χ1n) is 5.45. The van der Waals surface area contributed by atoms with Crippen LogP contribution < -0.4 is 5.32 Å².